The maximum atomic E-state index is 12.6. The van der Waals surface area contributed by atoms with E-state index in [4.69, 9.17) is 26.2 Å². The Bertz CT molecular complexity index is 848. The standard InChI is InChI=1S/C19H20ClNO5/c1-10(2)26-16-9-12(8-15(20)17(16)25-4)18(22)21-13-5-6-14(19(23)24)11(3)7-13/h5-10H,1-4H3,(H,21,22)(H,23,24). The smallest absolute Gasteiger partial charge is 0.335 e. The van der Waals surface area contributed by atoms with Gasteiger partial charge in [0.1, 0.15) is 0 Å². The first kappa shape index (κ1) is 19.6. The minimum atomic E-state index is -1.02. The van der Waals surface area contributed by atoms with Crippen LogP contribution in [0.1, 0.15) is 40.1 Å². The molecule has 0 heterocycles. The van der Waals surface area contributed by atoms with Crippen molar-refractivity contribution in [3.8, 4) is 11.5 Å². The minimum absolute atomic E-state index is 0.121. The van der Waals surface area contributed by atoms with E-state index >= 15 is 0 Å². The molecule has 2 aromatic carbocycles. The first-order valence-corrected chi connectivity index (χ1v) is 8.30. The number of anilines is 1. The van der Waals surface area contributed by atoms with E-state index in [1.807, 2.05) is 13.8 Å². The van der Waals surface area contributed by atoms with Crippen molar-refractivity contribution in [1.29, 1.82) is 0 Å². The fourth-order valence-corrected chi connectivity index (χ4v) is 2.71. The van der Waals surface area contributed by atoms with Gasteiger partial charge in [0, 0.05) is 11.3 Å². The van der Waals surface area contributed by atoms with Crippen molar-refractivity contribution >= 4 is 29.2 Å². The predicted molar refractivity (Wildman–Crippen MR) is 99.9 cm³/mol. The number of amides is 1. The van der Waals surface area contributed by atoms with Crippen LogP contribution in [0.15, 0.2) is 30.3 Å². The molecule has 2 N–H and O–H groups in total. The molecule has 2 aromatic rings. The zero-order valence-corrected chi connectivity index (χ0v) is 15.7. The molecule has 6 nitrogen and oxygen atoms in total. The van der Waals surface area contributed by atoms with E-state index in [0.29, 0.717) is 28.3 Å². The molecule has 0 saturated carbocycles. The van der Waals surface area contributed by atoms with Crippen LogP contribution in [0.4, 0.5) is 5.69 Å². The number of benzene rings is 2. The normalized spacial score (nSPS) is 10.5. The van der Waals surface area contributed by atoms with E-state index in [1.165, 1.54) is 25.3 Å². The maximum absolute atomic E-state index is 12.6. The molecule has 0 atom stereocenters. The molecular formula is C19H20ClNO5. The third kappa shape index (κ3) is 4.46. The number of carbonyl (C=O) groups excluding carboxylic acids is 1. The first-order valence-electron chi connectivity index (χ1n) is 7.92. The molecule has 0 bridgehead atoms. The van der Waals surface area contributed by atoms with Crippen LogP contribution in [-0.4, -0.2) is 30.2 Å². The summed E-state index contributed by atoms with van der Waals surface area (Å²) >= 11 is 6.20. The molecule has 0 saturated heterocycles. The number of carbonyl (C=O) groups is 2. The molecule has 0 radical (unpaired) electrons. The molecule has 7 heteroatoms. The summed E-state index contributed by atoms with van der Waals surface area (Å²) in [6.45, 7) is 5.37. The van der Waals surface area contributed by atoms with Crippen molar-refractivity contribution in [3.05, 3.63) is 52.0 Å². The van der Waals surface area contributed by atoms with Gasteiger partial charge in [-0.25, -0.2) is 4.79 Å². The highest BCUT2D eigenvalue weighted by Gasteiger charge is 2.17. The lowest BCUT2D eigenvalue weighted by Gasteiger charge is -2.16. The number of aryl methyl sites for hydroxylation is 1. The van der Waals surface area contributed by atoms with Crippen LogP contribution in [0.3, 0.4) is 0 Å². The van der Waals surface area contributed by atoms with Crippen molar-refractivity contribution in [2.45, 2.75) is 26.9 Å². The quantitative estimate of drug-likeness (QED) is 0.779. The molecule has 0 aromatic heterocycles. The molecule has 0 unspecified atom stereocenters. The van der Waals surface area contributed by atoms with E-state index in [1.54, 1.807) is 19.1 Å². The Morgan fingerprint density at radius 2 is 1.88 bits per heavy atom. The Hall–Kier alpha value is -2.73. The molecule has 0 spiro atoms. The molecule has 0 aliphatic heterocycles. The Kier molecular flexibility index (Phi) is 6.10. The summed E-state index contributed by atoms with van der Waals surface area (Å²) in [7, 11) is 1.47. The Labute approximate surface area is 156 Å². The van der Waals surface area contributed by atoms with E-state index < -0.39 is 11.9 Å². The second-order valence-electron chi connectivity index (χ2n) is 5.95. The summed E-state index contributed by atoms with van der Waals surface area (Å²) in [5, 5.41) is 12.1. The lowest BCUT2D eigenvalue weighted by atomic mass is 10.1. The van der Waals surface area contributed by atoms with Crippen LogP contribution in [0.2, 0.25) is 5.02 Å². The summed E-state index contributed by atoms with van der Waals surface area (Å²) in [5.74, 6) is -0.681. The van der Waals surface area contributed by atoms with Crippen LogP contribution in [-0.2, 0) is 0 Å². The molecular weight excluding hydrogens is 358 g/mol. The summed E-state index contributed by atoms with van der Waals surface area (Å²) < 4.78 is 10.9. The lowest BCUT2D eigenvalue weighted by molar-refractivity contribution is 0.0696. The fraction of sp³-hybridized carbons (Fsp3) is 0.263. The molecule has 26 heavy (non-hydrogen) atoms. The number of carboxylic acid groups (broad SMARTS) is 1. The number of hydrogen-bond donors (Lipinski definition) is 2. The minimum Gasteiger partial charge on any atom is -0.491 e. The second kappa shape index (κ2) is 8.10. The third-order valence-electron chi connectivity index (χ3n) is 3.55. The van der Waals surface area contributed by atoms with Crippen molar-refractivity contribution < 1.29 is 24.2 Å². The number of rotatable bonds is 6. The van der Waals surface area contributed by atoms with Gasteiger partial charge in [0.05, 0.1) is 23.8 Å². The average molecular weight is 378 g/mol. The molecule has 1 amide bonds. The zero-order chi connectivity index (χ0) is 19.4. The third-order valence-corrected chi connectivity index (χ3v) is 3.83. The number of carboxylic acids is 1. The van der Waals surface area contributed by atoms with Gasteiger partial charge in [-0.2, -0.15) is 0 Å². The summed E-state index contributed by atoms with van der Waals surface area (Å²) in [6, 6.07) is 7.62. The predicted octanol–water partition coefficient (Wildman–Crippen LogP) is 4.39. The van der Waals surface area contributed by atoms with Gasteiger partial charge < -0.3 is 19.9 Å². The number of aromatic carboxylic acids is 1. The van der Waals surface area contributed by atoms with Crippen molar-refractivity contribution in [3.63, 3.8) is 0 Å². The average Bonchev–Trinajstić information content (AvgIpc) is 2.53. The molecule has 138 valence electrons. The molecule has 0 aliphatic carbocycles. The topological polar surface area (TPSA) is 84.9 Å². The number of nitrogens with one attached hydrogen (secondary N) is 1. The first-order chi connectivity index (χ1) is 12.2. The van der Waals surface area contributed by atoms with Gasteiger partial charge in [0.2, 0.25) is 0 Å². The highest BCUT2D eigenvalue weighted by molar-refractivity contribution is 6.32. The van der Waals surface area contributed by atoms with Crippen LogP contribution in [0, 0.1) is 6.92 Å². The van der Waals surface area contributed by atoms with Crippen molar-refractivity contribution in [2.24, 2.45) is 0 Å². The Morgan fingerprint density at radius 3 is 2.42 bits per heavy atom. The van der Waals surface area contributed by atoms with Crippen molar-refractivity contribution in [2.75, 3.05) is 12.4 Å². The van der Waals surface area contributed by atoms with Crippen LogP contribution in [0.25, 0.3) is 0 Å². The van der Waals surface area contributed by atoms with Crippen LogP contribution >= 0.6 is 11.6 Å². The summed E-state index contributed by atoms with van der Waals surface area (Å²) in [4.78, 5) is 23.6. The summed E-state index contributed by atoms with van der Waals surface area (Å²) in [6.07, 6.45) is -0.121. The van der Waals surface area contributed by atoms with E-state index in [9.17, 15) is 9.59 Å². The van der Waals surface area contributed by atoms with Gasteiger partial charge >= 0.3 is 5.97 Å². The van der Waals surface area contributed by atoms with Gasteiger partial charge in [-0.15, -0.1) is 0 Å². The van der Waals surface area contributed by atoms with Gasteiger partial charge in [-0.1, -0.05) is 11.6 Å². The SMILES string of the molecule is COc1c(Cl)cc(C(=O)Nc2ccc(C(=O)O)c(C)c2)cc1OC(C)C. The number of halogens is 1. The number of methoxy groups -OCH3 is 1. The molecule has 2 rings (SSSR count). The largest absolute Gasteiger partial charge is 0.491 e. The van der Waals surface area contributed by atoms with E-state index in [-0.39, 0.29) is 16.7 Å². The van der Waals surface area contributed by atoms with Crippen LogP contribution < -0.4 is 14.8 Å². The van der Waals surface area contributed by atoms with E-state index in [0.717, 1.165) is 0 Å². The highest BCUT2D eigenvalue weighted by Crippen LogP contribution is 2.37. The molecule has 0 fully saturated rings. The van der Waals surface area contributed by atoms with E-state index in [2.05, 4.69) is 5.32 Å². The van der Waals surface area contributed by atoms with Crippen molar-refractivity contribution in [1.82, 2.24) is 0 Å². The van der Waals surface area contributed by atoms with Gasteiger partial charge in [0.25, 0.3) is 5.91 Å². The highest BCUT2D eigenvalue weighted by atomic mass is 35.5. The van der Waals surface area contributed by atoms with Gasteiger partial charge in [-0.05, 0) is 56.7 Å². The second-order valence-corrected chi connectivity index (χ2v) is 6.35. The fourth-order valence-electron chi connectivity index (χ4n) is 2.42. The van der Waals surface area contributed by atoms with Crippen LogP contribution in [0.5, 0.6) is 11.5 Å². The Morgan fingerprint density at radius 1 is 1.19 bits per heavy atom. The maximum Gasteiger partial charge on any atom is 0.335 e. The monoisotopic (exact) mass is 377 g/mol. The number of hydrogen-bond acceptors (Lipinski definition) is 4. The van der Waals surface area contributed by atoms with Gasteiger partial charge in [0.15, 0.2) is 11.5 Å². The number of ether oxygens (including phenoxy) is 2. The zero-order valence-electron chi connectivity index (χ0n) is 14.9. The Balaban J connectivity index is 2.31. The van der Waals surface area contributed by atoms with Gasteiger partial charge in [-0.3, -0.25) is 4.79 Å². The molecule has 0 aliphatic rings. The summed E-state index contributed by atoms with van der Waals surface area (Å²) in [5.41, 5.74) is 1.51. The lowest BCUT2D eigenvalue weighted by Crippen LogP contribution is -2.14.